The molecule has 0 amide bonds. The highest BCUT2D eigenvalue weighted by Crippen LogP contribution is 2.45. The van der Waals surface area contributed by atoms with Crippen molar-refractivity contribution in [3.05, 3.63) is 59.7 Å². The van der Waals surface area contributed by atoms with Gasteiger partial charge in [0.1, 0.15) is 11.5 Å². The predicted octanol–water partition coefficient (Wildman–Crippen LogP) is 2.08. The topological polar surface area (TPSA) is 102 Å². The van der Waals surface area contributed by atoms with Gasteiger partial charge in [0, 0.05) is 7.11 Å². The van der Waals surface area contributed by atoms with Crippen LogP contribution < -0.4 is 0 Å². The van der Waals surface area contributed by atoms with Crippen molar-refractivity contribution in [2.75, 3.05) is 14.2 Å². The van der Waals surface area contributed by atoms with Gasteiger partial charge >= 0.3 is 17.7 Å². The van der Waals surface area contributed by atoms with Gasteiger partial charge in [0.2, 0.25) is 0 Å². The molecule has 0 aliphatic carbocycles. The molecule has 0 unspecified atom stereocenters. The van der Waals surface area contributed by atoms with Crippen molar-refractivity contribution in [3.8, 4) is 11.5 Å². The summed E-state index contributed by atoms with van der Waals surface area (Å²) < 4.78 is 15.4. The monoisotopic (exact) mass is 356 g/mol. The summed E-state index contributed by atoms with van der Waals surface area (Å²) in [4.78, 5) is 25.1. The molecular weight excluding hydrogens is 340 g/mol. The average Bonchev–Trinajstić information content (AvgIpc) is 2.96. The number of carbonyl (C=O) groups excluding carboxylic acids is 2. The molecule has 0 aromatic heterocycles. The third-order valence-corrected chi connectivity index (χ3v) is 4.07. The first-order valence-corrected chi connectivity index (χ1v) is 7.63. The van der Waals surface area contributed by atoms with Crippen LogP contribution >= 0.6 is 0 Å². The number of hydrogen-bond donors (Lipinski definition) is 2. The number of cyclic esters (lactones) is 1. The number of hydrogen-bond acceptors (Lipinski definition) is 7. The fraction of sp³-hybridized carbons (Fsp3) is 0.158. The van der Waals surface area contributed by atoms with E-state index >= 15 is 0 Å². The van der Waals surface area contributed by atoms with E-state index in [1.807, 2.05) is 0 Å². The van der Waals surface area contributed by atoms with Crippen LogP contribution in [0.2, 0.25) is 0 Å². The molecule has 0 saturated heterocycles. The largest absolute Gasteiger partial charge is 0.508 e. The van der Waals surface area contributed by atoms with Crippen LogP contribution in [0.15, 0.2) is 48.5 Å². The van der Waals surface area contributed by atoms with Gasteiger partial charge in [0.05, 0.1) is 18.3 Å². The summed E-state index contributed by atoms with van der Waals surface area (Å²) in [7, 11) is 2.38. The van der Waals surface area contributed by atoms with E-state index < -0.39 is 17.7 Å². The molecule has 7 nitrogen and oxygen atoms in total. The molecule has 0 spiro atoms. The molecule has 1 aliphatic heterocycles. The summed E-state index contributed by atoms with van der Waals surface area (Å²) >= 11 is 0. The first-order chi connectivity index (χ1) is 12.4. The first-order valence-electron chi connectivity index (χ1n) is 7.63. The van der Waals surface area contributed by atoms with E-state index in [1.165, 1.54) is 55.6 Å². The quantitative estimate of drug-likeness (QED) is 0.809. The maximum Gasteiger partial charge on any atom is 0.384 e. The summed E-state index contributed by atoms with van der Waals surface area (Å²) in [6, 6.07) is 11.8. The van der Waals surface area contributed by atoms with Crippen molar-refractivity contribution in [1.29, 1.82) is 0 Å². The van der Waals surface area contributed by atoms with Gasteiger partial charge in [0.15, 0.2) is 0 Å². The predicted molar refractivity (Wildman–Crippen MR) is 90.9 cm³/mol. The van der Waals surface area contributed by atoms with Gasteiger partial charge in [-0.1, -0.05) is 24.3 Å². The zero-order valence-electron chi connectivity index (χ0n) is 14.1. The number of ether oxygens (including phenoxy) is 3. The molecule has 2 aromatic rings. The number of carbonyl (C=O) groups is 2. The Kier molecular flexibility index (Phi) is 4.40. The first kappa shape index (κ1) is 17.5. The lowest BCUT2D eigenvalue weighted by atomic mass is 9.90. The normalized spacial score (nSPS) is 19.4. The van der Waals surface area contributed by atoms with Gasteiger partial charge in [-0.2, -0.15) is 0 Å². The third-order valence-electron chi connectivity index (χ3n) is 4.07. The minimum atomic E-state index is -2.07. The van der Waals surface area contributed by atoms with Crippen LogP contribution in [-0.4, -0.2) is 42.2 Å². The van der Waals surface area contributed by atoms with Gasteiger partial charge in [0.25, 0.3) is 0 Å². The molecule has 0 saturated carbocycles. The average molecular weight is 356 g/mol. The number of phenols is 2. The van der Waals surface area contributed by atoms with Crippen molar-refractivity contribution >= 4 is 23.1 Å². The third kappa shape index (κ3) is 2.68. The molecule has 0 fully saturated rings. The molecule has 1 heterocycles. The Balaban J connectivity index is 2.32. The van der Waals surface area contributed by atoms with Crippen LogP contribution in [0.1, 0.15) is 11.1 Å². The Morgan fingerprint density at radius 2 is 1.42 bits per heavy atom. The minimum Gasteiger partial charge on any atom is -0.508 e. The molecule has 0 radical (unpaired) electrons. The number of aromatic hydroxyl groups is 2. The number of phenolic OH excluding ortho intramolecular Hbond substituents is 2. The lowest BCUT2D eigenvalue weighted by Gasteiger charge is -2.26. The highest BCUT2D eigenvalue weighted by Gasteiger charge is 2.56. The van der Waals surface area contributed by atoms with Crippen molar-refractivity contribution in [2.24, 2.45) is 0 Å². The minimum absolute atomic E-state index is 0.0202. The van der Waals surface area contributed by atoms with Crippen LogP contribution in [0, 0.1) is 0 Å². The second kappa shape index (κ2) is 6.53. The number of rotatable bonds is 4. The summed E-state index contributed by atoms with van der Waals surface area (Å²) in [5.41, 5.74) is 1.12. The zero-order chi connectivity index (χ0) is 18.9. The maximum atomic E-state index is 12.6. The van der Waals surface area contributed by atoms with Gasteiger partial charge in [-0.3, -0.25) is 0 Å². The smallest absolute Gasteiger partial charge is 0.384 e. The highest BCUT2D eigenvalue weighted by atomic mass is 16.7. The SMILES string of the molecule is COC(=O)[C@@]1(OC)OC(=O)C(c2ccc(O)cc2)=C1c1ccc(O)cc1. The fourth-order valence-electron chi connectivity index (χ4n) is 2.86. The van der Waals surface area contributed by atoms with Crippen LogP contribution in [0.4, 0.5) is 0 Å². The van der Waals surface area contributed by atoms with Crippen LogP contribution in [0.25, 0.3) is 11.1 Å². The molecule has 26 heavy (non-hydrogen) atoms. The van der Waals surface area contributed by atoms with E-state index in [-0.39, 0.29) is 22.6 Å². The molecule has 3 rings (SSSR count). The van der Waals surface area contributed by atoms with E-state index in [0.29, 0.717) is 11.1 Å². The standard InChI is InChI=1S/C19H16O7/c1-24-18(23)19(25-2)16(12-5-9-14(21)10-6-12)15(17(22)26-19)11-3-7-13(20)8-4-11/h3-10,20-21H,1-2H3/t19-/m0/s1. The second-order valence-corrected chi connectivity index (χ2v) is 5.55. The van der Waals surface area contributed by atoms with Crippen LogP contribution in [0.5, 0.6) is 11.5 Å². The van der Waals surface area contributed by atoms with Crippen molar-refractivity contribution < 1.29 is 34.0 Å². The summed E-state index contributed by atoms with van der Waals surface area (Å²) in [6.07, 6.45) is 0. The van der Waals surface area contributed by atoms with Crippen LogP contribution in [-0.2, 0) is 23.8 Å². The molecule has 1 aliphatic rings. The molecule has 2 aromatic carbocycles. The fourth-order valence-corrected chi connectivity index (χ4v) is 2.86. The second-order valence-electron chi connectivity index (χ2n) is 5.55. The van der Waals surface area contributed by atoms with Gasteiger partial charge in [-0.25, -0.2) is 9.59 Å². The number of methoxy groups -OCH3 is 2. The van der Waals surface area contributed by atoms with Crippen molar-refractivity contribution in [3.63, 3.8) is 0 Å². The van der Waals surface area contributed by atoms with Gasteiger partial charge < -0.3 is 24.4 Å². The van der Waals surface area contributed by atoms with E-state index in [9.17, 15) is 19.8 Å². The molecule has 134 valence electrons. The summed E-state index contributed by atoms with van der Waals surface area (Å²) in [5.74, 6) is -3.70. The van der Waals surface area contributed by atoms with Crippen molar-refractivity contribution in [2.45, 2.75) is 5.79 Å². The molecule has 0 bridgehead atoms. The zero-order valence-corrected chi connectivity index (χ0v) is 14.1. The molecule has 2 N–H and O–H groups in total. The molecule has 7 heteroatoms. The summed E-state index contributed by atoms with van der Waals surface area (Å²) in [6.45, 7) is 0. The number of esters is 2. The molecule has 1 atom stereocenters. The Morgan fingerprint density at radius 3 is 1.88 bits per heavy atom. The molecular formula is C19H16O7. The lowest BCUT2D eigenvalue weighted by Crippen LogP contribution is -2.43. The Bertz CT molecular complexity index is 881. The maximum absolute atomic E-state index is 12.6. The van der Waals surface area contributed by atoms with E-state index in [4.69, 9.17) is 14.2 Å². The Morgan fingerprint density at radius 1 is 0.923 bits per heavy atom. The Labute approximate surface area is 149 Å². The van der Waals surface area contributed by atoms with Crippen LogP contribution in [0.3, 0.4) is 0 Å². The lowest BCUT2D eigenvalue weighted by molar-refractivity contribution is -0.207. The van der Waals surface area contributed by atoms with E-state index in [1.54, 1.807) is 0 Å². The Hall–Kier alpha value is -3.32. The highest BCUT2D eigenvalue weighted by molar-refractivity contribution is 6.31. The van der Waals surface area contributed by atoms with E-state index in [2.05, 4.69) is 0 Å². The van der Waals surface area contributed by atoms with Gasteiger partial charge in [-0.15, -0.1) is 0 Å². The van der Waals surface area contributed by atoms with Gasteiger partial charge in [-0.05, 0) is 35.4 Å². The number of benzene rings is 2. The summed E-state index contributed by atoms with van der Waals surface area (Å²) in [5, 5.41) is 19.0. The van der Waals surface area contributed by atoms with E-state index in [0.717, 1.165) is 7.11 Å². The van der Waals surface area contributed by atoms with Crippen molar-refractivity contribution in [1.82, 2.24) is 0 Å².